The molecule has 30 heavy (non-hydrogen) atoms. The number of benzene rings is 1. The van der Waals surface area contributed by atoms with Crippen molar-refractivity contribution in [3.8, 4) is 22.6 Å². The Balaban J connectivity index is 1.60. The first-order valence-corrected chi connectivity index (χ1v) is 9.75. The first kappa shape index (κ1) is 19.8. The molecule has 1 aromatic carbocycles. The van der Waals surface area contributed by atoms with Gasteiger partial charge in [-0.3, -0.25) is 9.55 Å². The zero-order chi connectivity index (χ0) is 21.3. The van der Waals surface area contributed by atoms with Crippen LogP contribution in [0.15, 0.2) is 47.7 Å². The van der Waals surface area contributed by atoms with Crippen molar-refractivity contribution in [2.45, 2.75) is 13.5 Å². The third-order valence-corrected chi connectivity index (χ3v) is 5.38. The fourth-order valence-corrected chi connectivity index (χ4v) is 3.56. The zero-order valence-corrected chi connectivity index (χ0v) is 17.0. The van der Waals surface area contributed by atoms with E-state index in [9.17, 15) is 9.18 Å². The van der Waals surface area contributed by atoms with Crippen molar-refractivity contribution in [1.29, 1.82) is 5.26 Å². The van der Waals surface area contributed by atoms with Crippen LogP contribution in [0, 0.1) is 24.1 Å². The number of aryl methyl sites for hydroxylation is 1. The molecule has 4 rings (SSSR count). The SMILES string of the molecule is Cc1nc(C#N)sc1Oc1ccc(-n2ncn(Cc3ncccc3Cl)c2=O)cc1F. The van der Waals surface area contributed by atoms with E-state index in [0.29, 0.717) is 21.5 Å². The Hall–Kier alpha value is -3.55. The maximum absolute atomic E-state index is 14.6. The number of pyridine rings is 1. The highest BCUT2D eigenvalue weighted by molar-refractivity contribution is 7.14. The summed E-state index contributed by atoms with van der Waals surface area (Å²) in [6.07, 6.45) is 2.91. The summed E-state index contributed by atoms with van der Waals surface area (Å²) in [5.41, 5.74) is 0.770. The summed E-state index contributed by atoms with van der Waals surface area (Å²) in [6, 6.07) is 9.33. The van der Waals surface area contributed by atoms with Gasteiger partial charge in [0.25, 0.3) is 0 Å². The van der Waals surface area contributed by atoms with Gasteiger partial charge in [-0.2, -0.15) is 15.0 Å². The number of hydrogen-bond donors (Lipinski definition) is 0. The zero-order valence-electron chi connectivity index (χ0n) is 15.4. The fraction of sp³-hybridized carbons (Fsp3) is 0.105. The largest absolute Gasteiger partial charge is 0.442 e. The van der Waals surface area contributed by atoms with Gasteiger partial charge in [-0.25, -0.2) is 14.2 Å². The highest BCUT2D eigenvalue weighted by Gasteiger charge is 2.15. The predicted octanol–water partition coefficient (Wildman–Crippen LogP) is 3.70. The third-order valence-electron chi connectivity index (χ3n) is 4.10. The standard InChI is InChI=1S/C19H12ClFN6O2S/c1-11-18(30-17(8-22)25-11)29-16-5-4-12(7-14(16)21)27-19(28)26(10-24-27)9-15-13(20)3-2-6-23-15/h2-7,10H,9H2,1H3. The summed E-state index contributed by atoms with van der Waals surface area (Å²) in [5.74, 6) is -0.740. The van der Waals surface area contributed by atoms with E-state index in [1.165, 1.54) is 23.0 Å². The molecule has 0 radical (unpaired) electrons. The monoisotopic (exact) mass is 442 g/mol. The van der Waals surface area contributed by atoms with Crippen molar-refractivity contribution in [3.63, 3.8) is 0 Å². The van der Waals surface area contributed by atoms with Gasteiger partial charge in [-0.1, -0.05) is 22.9 Å². The number of ether oxygens (including phenoxy) is 1. The molecule has 0 bridgehead atoms. The summed E-state index contributed by atoms with van der Waals surface area (Å²) in [4.78, 5) is 20.8. The Morgan fingerprint density at radius 2 is 2.20 bits per heavy atom. The lowest BCUT2D eigenvalue weighted by Crippen LogP contribution is -2.24. The maximum atomic E-state index is 14.6. The fourth-order valence-electron chi connectivity index (χ4n) is 2.65. The molecule has 0 atom stereocenters. The second kappa shape index (κ2) is 8.06. The molecule has 150 valence electrons. The molecule has 8 nitrogen and oxygen atoms in total. The molecule has 0 unspecified atom stereocenters. The van der Waals surface area contributed by atoms with Crippen LogP contribution >= 0.6 is 22.9 Å². The van der Waals surface area contributed by atoms with Crippen molar-refractivity contribution < 1.29 is 9.13 Å². The van der Waals surface area contributed by atoms with Crippen LogP contribution in [-0.2, 0) is 6.54 Å². The van der Waals surface area contributed by atoms with Gasteiger partial charge in [-0.05, 0) is 31.2 Å². The minimum atomic E-state index is -0.687. The van der Waals surface area contributed by atoms with Crippen LogP contribution in [-0.4, -0.2) is 24.3 Å². The lowest BCUT2D eigenvalue weighted by Gasteiger charge is -2.07. The quantitative estimate of drug-likeness (QED) is 0.467. The molecule has 0 aliphatic rings. The summed E-state index contributed by atoms with van der Waals surface area (Å²) in [5, 5.41) is 13.9. The predicted molar refractivity (Wildman–Crippen MR) is 108 cm³/mol. The molecule has 3 aromatic heterocycles. The number of thiazole rings is 1. The van der Waals surface area contributed by atoms with E-state index < -0.39 is 11.5 Å². The number of rotatable bonds is 5. The Kier molecular flexibility index (Phi) is 5.31. The highest BCUT2D eigenvalue weighted by atomic mass is 35.5. The molecule has 0 saturated carbocycles. The Labute approximate surface area is 178 Å². The van der Waals surface area contributed by atoms with Crippen molar-refractivity contribution in [3.05, 3.63) is 80.6 Å². The maximum Gasteiger partial charge on any atom is 0.350 e. The third kappa shape index (κ3) is 3.80. The van der Waals surface area contributed by atoms with Gasteiger partial charge in [0, 0.05) is 12.3 Å². The summed E-state index contributed by atoms with van der Waals surface area (Å²) >= 11 is 7.11. The number of aromatic nitrogens is 5. The van der Waals surface area contributed by atoms with Crippen molar-refractivity contribution in [2.75, 3.05) is 0 Å². The van der Waals surface area contributed by atoms with Crippen LogP contribution in [0.2, 0.25) is 5.02 Å². The molecule has 0 amide bonds. The molecule has 0 N–H and O–H groups in total. The highest BCUT2D eigenvalue weighted by Crippen LogP contribution is 2.33. The number of halogens is 2. The molecule has 0 fully saturated rings. The van der Waals surface area contributed by atoms with Crippen LogP contribution in [0.25, 0.3) is 5.69 Å². The smallest absolute Gasteiger partial charge is 0.350 e. The van der Waals surface area contributed by atoms with Crippen LogP contribution in [0.4, 0.5) is 4.39 Å². The molecular weight excluding hydrogens is 431 g/mol. The van der Waals surface area contributed by atoms with E-state index in [-0.39, 0.29) is 23.0 Å². The van der Waals surface area contributed by atoms with E-state index in [1.807, 2.05) is 6.07 Å². The summed E-state index contributed by atoms with van der Waals surface area (Å²) < 4.78 is 22.5. The van der Waals surface area contributed by atoms with Crippen molar-refractivity contribution in [2.24, 2.45) is 0 Å². The minimum absolute atomic E-state index is 0.0530. The van der Waals surface area contributed by atoms with Gasteiger partial charge >= 0.3 is 5.69 Å². The lowest BCUT2D eigenvalue weighted by atomic mass is 10.3. The molecule has 4 aromatic rings. The van der Waals surface area contributed by atoms with Gasteiger partial charge in [0.15, 0.2) is 16.6 Å². The Morgan fingerprint density at radius 3 is 2.90 bits per heavy atom. The van der Waals surface area contributed by atoms with Crippen molar-refractivity contribution in [1.82, 2.24) is 24.3 Å². The molecule has 11 heteroatoms. The van der Waals surface area contributed by atoms with Gasteiger partial charge in [0.1, 0.15) is 12.4 Å². The molecule has 0 aliphatic carbocycles. The average Bonchev–Trinajstić information content (AvgIpc) is 3.27. The Bertz CT molecular complexity index is 1340. The number of nitrogens with zero attached hydrogens (tertiary/aromatic N) is 6. The van der Waals surface area contributed by atoms with Crippen LogP contribution in [0.3, 0.4) is 0 Å². The molecular formula is C19H12ClFN6O2S. The van der Waals surface area contributed by atoms with E-state index in [4.69, 9.17) is 21.6 Å². The first-order chi connectivity index (χ1) is 14.5. The normalized spacial score (nSPS) is 10.7. The molecule has 0 aliphatic heterocycles. The van der Waals surface area contributed by atoms with Crippen molar-refractivity contribution >= 4 is 22.9 Å². The van der Waals surface area contributed by atoms with E-state index in [1.54, 1.807) is 25.3 Å². The van der Waals surface area contributed by atoms with Gasteiger partial charge in [0.2, 0.25) is 5.06 Å². The van der Waals surface area contributed by atoms with Crippen LogP contribution in [0.5, 0.6) is 10.8 Å². The topological polar surface area (TPSA) is 98.6 Å². The summed E-state index contributed by atoms with van der Waals surface area (Å²) in [6.45, 7) is 1.80. The van der Waals surface area contributed by atoms with Crippen LogP contribution in [0.1, 0.15) is 16.4 Å². The van der Waals surface area contributed by atoms with Gasteiger partial charge in [-0.15, -0.1) is 0 Å². The van der Waals surface area contributed by atoms with Gasteiger partial charge in [0.05, 0.1) is 28.6 Å². The summed E-state index contributed by atoms with van der Waals surface area (Å²) in [7, 11) is 0. The van der Waals surface area contributed by atoms with E-state index >= 15 is 0 Å². The first-order valence-electron chi connectivity index (χ1n) is 8.55. The van der Waals surface area contributed by atoms with Crippen LogP contribution < -0.4 is 10.4 Å². The second-order valence-electron chi connectivity index (χ2n) is 6.11. The Morgan fingerprint density at radius 1 is 1.37 bits per heavy atom. The number of nitriles is 1. The second-order valence-corrected chi connectivity index (χ2v) is 7.47. The van der Waals surface area contributed by atoms with E-state index in [0.717, 1.165) is 22.1 Å². The lowest BCUT2D eigenvalue weighted by molar-refractivity contribution is 0.448. The minimum Gasteiger partial charge on any atom is -0.442 e. The molecule has 0 spiro atoms. The van der Waals surface area contributed by atoms with E-state index in [2.05, 4.69) is 15.1 Å². The average molecular weight is 443 g/mol. The van der Waals surface area contributed by atoms with Gasteiger partial charge < -0.3 is 4.74 Å². The molecule has 0 saturated heterocycles. The number of hydrogen-bond acceptors (Lipinski definition) is 7. The molecule has 3 heterocycles.